The van der Waals surface area contributed by atoms with E-state index in [2.05, 4.69) is 0 Å². The summed E-state index contributed by atoms with van der Waals surface area (Å²) in [6.07, 6.45) is -0.561. The molecule has 0 bridgehead atoms. The summed E-state index contributed by atoms with van der Waals surface area (Å²) in [5.41, 5.74) is 1.78. The van der Waals surface area contributed by atoms with Gasteiger partial charge in [0.1, 0.15) is 0 Å². The number of aryl methyl sites for hydroxylation is 1. The number of carbonyl (C=O) groups excluding carboxylic acids is 1. The van der Waals surface area contributed by atoms with Crippen molar-refractivity contribution in [3.63, 3.8) is 0 Å². The Morgan fingerprint density at radius 1 is 1.05 bits per heavy atom. The third-order valence-electron chi connectivity index (χ3n) is 3.16. The highest BCUT2D eigenvalue weighted by Crippen LogP contribution is 2.27. The molecule has 2 rings (SSSR count). The first-order valence-corrected chi connectivity index (χ1v) is 7.11. The van der Waals surface area contributed by atoms with Gasteiger partial charge in [0.05, 0.1) is 6.61 Å². The predicted molar refractivity (Wildman–Crippen MR) is 83.2 cm³/mol. The number of ether oxygens (including phenoxy) is 2. The average molecular weight is 284 g/mol. The minimum atomic E-state index is -0.561. The van der Waals surface area contributed by atoms with E-state index in [0.717, 1.165) is 5.56 Å². The molecule has 0 saturated carbocycles. The molecule has 3 heteroatoms. The van der Waals surface area contributed by atoms with Crippen LogP contribution in [-0.4, -0.2) is 18.5 Å². The van der Waals surface area contributed by atoms with Crippen LogP contribution in [0.3, 0.4) is 0 Å². The molecule has 2 aromatic rings. The molecule has 0 heterocycles. The molecule has 0 radical (unpaired) electrons. The molecule has 0 spiro atoms. The quantitative estimate of drug-likeness (QED) is 0.751. The monoisotopic (exact) mass is 284 g/mol. The van der Waals surface area contributed by atoms with Crippen LogP contribution in [0.1, 0.15) is 29.8 Å². The molecule has 110 valence electrons. The fourth-order valence-electron chi connectivity index (χ4n) is 2.02. The summed E-state index contributed by atoms with van der Waals surface area (Å²) in [4.78, 5) is 12.4. The topological polar surface area (TPSA) is 35.5 Å². The summed E-state index contributed by atoms with van der Waals surface area (Å²) >= 11 is 0. The molecule has 0 N–H and O–H groups in total. The van der Waals surface area contributed by atoms with E-state index in [1.54, 1.807) is 6.92 Å². The molecule has 0 aliphatic rings. The fourth-order valence-corrected chi connectivity index (χ4v) is 2.02. The number of para-hydroxylation sites is 2. The number of benzene rings is 2. The van der Waals surface area contributed by atoms with Gasteiger partial charge < -0.3 is 9.47 Å². The molecular weight excluding hydrogens is 264 g/mol. The molecule has 2 aromatic carbocycles. The molecule has 0 fully saturated rings. The molecule has 3 nitrogen and oxygen atoms in total. The van der Waals surface area contributed by atoms with Gasteiger partial charge in [-0.2, -0.15) is 0 Å². The Labute approximate surface area is 125 Å². The van der Waals surface area contributed by atoms with Crippen molar-refractivity contribution in [2.45, 2.75) is 26.9 Å². The number of ketones is 1. The van der Waals surface area contributed by atoms with Crippen molar-refractivity contribution in [3.8, 4) is 11.5 Å². The lowest BCUT2D eigenvalue weighted by Gasteiger charge is -2.16. The second kappa shape index (κ2) is 6.93. The minimum absolute atomic E-state index is 0.0405. The third-order valence-corrected chi connectivity index (χ3v) is 3.16. The van der Waals surface area contributed by atoms with Crippen LogP contribution in [-0.2, 0) is 0 Å². The Bertz CT molecular complexity index is 602. The van der Waals surface area contributed by atoms with Crippen molar-refractivity contribution in [1.29, 1.82) is 0 Å². The lowest BCUT2D eigenvalue weighted by Crippen LogP contribution is -2.24. The highest BCUT2D eigenvalue weighted by molar-refractivity contribution is 5.99. The highest BCUT2D eigenvalue weighted by Gasteiger charge is 2.18. The summed E-state index contributed by atoms with van der Waals surface area (Å²) in [6, 6.07) is 14.9. The number of Topliss-reactive ketones (excluding diaryl/α,β-unsaturated/α-hetero) is 1. The van der Waals surface area contributed by atoms with E-state index in [-0.39, 0.29) is 5.78 Å². The fraction of sp³-hybridized carbons (Fsp3) is 0.278. The van der Waals surface area contributed by atoms with Crippen LogP contribution in [0.4, 0.5) is 0 Å². The maximum absolute atomic E-state index is 12.4. The van der Waals surface area contributed by atoms with E-state index in [0.29, 0.717) is 23.7 Å². The van der Waals surface area contributed by atoms with E-state index < -0.39 is 6.10 Å². The van der Waals surface area contributed by atoms with E-state index >= 15 is 0 Å². The first kappa shape index (κ1) is 15.1. The Kier molecular flexibility index (Phi) is 4.99. The minimum Gasteiger partial charge on any atom is -0.490 e. The Hall–Kier alpha value is -2.29. The van der Waals surface area contributed by atoms with Crippen molar-refractivity contribution >= 4 is 5.78 Å². The SMILES string of the molecule is CCOc1ccccc1OC(C)C(=O)c1ccc(C)cc1. The van der Waals surface area contributed by atoms with Crippen molar-refractivity contribution in [2.24, 2.45) is 0 Å². The van der Waals surface area contributed by atoms with Gasteiger partial charge in [-0.3, -0.25) is 4.79 Å². The summed E-state index contributed by atoms with van der Waals surface area (Å²) in [5.74, 6) is 1.21. The van der Waals surface area contributed by atoms with Crippen molar-refractivity contribution < 1.29 is 14.3 Å². The molecule has 1 atom stereocenters. The molecule has 0 aliphatic carbocycles. The van der Waals surface area contributed by atoms with Crippen LogP contribution in [0.25, 0.3) is 0 Å². The first-order valence-electron chi connectivity index (χ1n) is 7.11. The second-order valence-electron chi connectivity index (χ2n) is 4.87. The zero-order valence-electron chi connectivity index (χ0n) is 12.6. The molecule has 0 aliphatic heterocycles. The van der Waals surface area contributed by atoms with Gasteiger partial charge in [-0.05, 0) is 32.9 Å². The zero-order chi connectivity index (χ0) is 15.2. The summed E-state index contributed by atoms with van der Waals surface area (Å²) in [7, 11) is 0. The lowest BCUT2D eigenvalue weighted by molar-refractivity contribution is 0.0813. The molecule has 0 aromatic heterocycles. The maximum atomic E-state index is 12.4. The summed E-state index contributed by atoms with van der Waals surface area (Å²) in [6.45, 7) is 6.22. The van der Waals surface area contributed by atoms with Gasteiger partial charge in [-0.25, -0.2) is 0 Å². The zero-order valence-corrected chi connectivity index (χ0v) is 12.6. The molecular formula is C18H20O3. The van der Waals surface area contributed by atoms with Crippen LogP contribution in [0.2, 0.25) is 0 Å². The Morgan fingerprint density at radius 3 is 2.29 bits per heavy atom. The largest absolute Gasteiger partial charge is 0.490 e. The summed E-state index contributed by atoms with van der Waals surface area (Å²) < 4.78 is 11.3. The standard InChI is InChI=1S/C18H20O3/c1-4-20-16-7-5-6-8-17(16)21-14(3)18(19)15-11-9-13(2)10-12-15/h5-12,14H,4H2,1-3H3. The van der Waals surface area contributed by atoms with Gasteiger partial charge in [0.2, 0.25) is 5.78 Å². The van der Waals surface area contributed by atoms with E-state index in [9.17, 15) is 4.79 Å². The van der Waals surface area contributed by atoms with Crippen LogP contribution < -0.4 is 9.47 Å². The number of hydrogen-bond acceptors (Lipinski definition) is 3. The van der Waals surface area contributed by atoms with Gasteiger partial charge in [0, 0.05) is 5.56 Å². The number of hydrogen-bond donors (Lipinski definition) is 0. The van der Waals surface area contributed by atoms with Crippen molar-refractivity contribution in [2.75, 3.05) is 6.61 Å². The normalized spacial score (nSPS) is 11.8. The second-order valence-corrected chi connectivity index (χ2v) is 4.87. The van der Waals surface area contributed by atoms with Gasteiger partial charge >= 0.3 is 0 Å². The lowest BCUT2D eigenvalue weighted by atomic mass is 10.1. The van der Waals surface area contributed by atoms with Crippen LogP contribution in [0, 0.1) is 6.92 Å². The maximum Gasteiger partial charge on any atom is 0.202 e. The van der Waals surface area contributed by atoms with Gasteiger partial charge in [-0.1, -0.05) is 42.0 Å². The van der Waals surface area contributed by atoms with Crippen molar-refractivity contribution in [3.05, 3.63) is 59.7 Å². The van der Waals surface area contributed by atoms with E-state index in [1.807, 2.05) is 62.4 Å². The smallest absolute Gasteiger partial charge is 0.202 e. The molecule has 0 amide bonds. The number of rotatable bonds is 6. The Morgan fingerprint density at radius 2 is 1.67 bits per heavy atom. The van der Waals surface area contributed by atoms with Crippen LogP contribution in [0.5, 0.6) is 11.5 Å². The Balaban J connectivity index is 2.12. The molecule has 21 heavy (non-hydrogen) atoms. The van der Waals surface area contributed by atoms with E-state index in [1.165, 1.54) is 0 Å². The highest BCUT2D eigenvalue weighted by atomic mass is 16.5. The predicted octanol–water partition coefficient (Wildman–Crippen LogP) is 4.04. The van der Waals surface area contributed by atoms with E-state index in [4.69, 9.17) is 9.47 Å². The number of carbonyl (C=O) groups is 1. The first-order chi connectivity index (χ1) is 10.1. The van der Waals surface area contributed by atoms with Crippen molar-refractivity contribution in [1.82, 2.24) is 0 Å². The molecule has 1 unspecified atom stereocenters. The molecule has 0 saturated heterocycles. The van der Waals surface area contributed by atoms with Gasteiger partial charge in [0.25, 0.3) is 0 Å². The van der Waals surface area contributed by atoms with Gasteiger partial charge in [-0.15, -0.1) is 0 Å². The van der Waals surface area contributed by atoms with Crippen LogP contribution >= 0.6 is 0 Å². The average Bonchev–Trinajstić information content (AvgIpc) is 2.49. The van der Waals surface area contributed by atoms with Crippen LogP contribution in [0.15, 0.2) is 48.5 Å². The summed E-state index contributed by atoms with van der Waals surface area (Å²) in [5, 5.41) is 0. The van der Waals surface area contributed by atoms with Gasteiger partial charge in [0.15, 0.2) is 17.6 Å². The third kappa shape index (κ3) is 3.85.